The van der Waals surface area contributed by atoms with E-state index in [4.69, 9.17) is 19.2 Å². The van der Waals surface area contributed by atoms with Gasteiger partial charge in [-0.3, -0.25) is 4.57 Å². The second kappa shape index (κ2) is 9.90. The molecule has 34 heavy (non-hydrogen) atoms. The molecule has 0 amide bonds. The van der Waals surface area contributed by atoms with Gasteiger partial charge in [0.1, 0.15) is 10.8 Å². The summed E-state index contributed by atoms with van der Waals surface area (Å²) < 4.78 is 19.0. The summed E-state index contributed by atoms with van der Waals surface area (Å²) in [6.45, 7) is 8.80. The van der Waals surface area contributed by atoms with Crippen LogP contribution in [0.15, 0.2) is 65.7 Å². The third-order valence-electron chi connectivity index (χ3n) is 5.27. The normalized spacial score (nSPS) is 13.1. The number of rotatable bonds is 9. The summed E-state index contributed by atoms with van der Waals surface area (Å²) in [5, 5.41) is 12.7. The molecule has 3 heterocycles. The molecule has 0 unspecified atom stereocenters. The fourth-order valence-corrected chi connectivity index (χ4v) is 5.33. The number of fused-ring (bicyclic) bond motifs is 1. The Kier molecular flexibility index (Phi) is 6.55. The molecule has 0 saturated heterocycles. The zero-order valence-corrected chi connectivity index (χ0v) is 20.6. The van der Waals surface area contributed by atoms with Crippen molar-refractivity contribution in [1.82, 2.24) is 19.7 Å². The molecule has 0 saturated carbocycles. The van der Waals surface area contributed by atoms with Gasteiger partial charge in [-0.15, -0.1) is 28.1 Å². The molecule has 0 fully saturated rings. The van der Waals surface area contributed by atoms with Gasteiger partial charge in [-0.05, 0) is 44.2 Å². The van der Waals surface area contributed by atoms with Gasteiger partial charge in [0.05, 0.1) is 5.69 Å². The first-order valence-corrected chi connectivity index (χ1v) is 12.7. The molecule has 0 bridgehead atoms. The van der Waals surface area contributed by atoms with E-state index in [9.17, 15) is 0 Å². The predicted molar refractivity (Wildman–Crippen MR) is 134 cm³/mol. The van der Waals surface area contributed by atoms with E-state index in [1.165, 1.54) is 5.56 Å². The molecule has 7 nitrogen and oxygen atoms in total. The molecule has 4 aromatic rings. The molecule has 0 aliphatic carbocycles. The molecule has 2 aromatic carbocycles. The minimum atomic E-state index is -0.249. The Morgan fingerprint density at radius 3 is 2.82 bits per heavy atom. The zero-order chi connectivity index (χ0) is 23.5. The van der Waals surface area contributed by atoms with Crippen molar-refractivity contribution in [3.8, 4) is 27.8 Å². The van der Waals surface area contributed by atoms with E-state index in [0.29, 0.717) is 12.3 Å². The lowest BCUT2D eigenvalue weighted by Crippen LogP contribution is -2.12. The van der Waals surface area contributed by atoms with Crippen LogP contribution in [0.5, 0.6) is 17.2 Å². The van der Waals surface area contributed by atoms with E-state index in [2.05, 4.69) is 29.1 Å². The van der Waals surface area contributed by atoms with Crippen LogP contribution < -0.4 is 14.2 Å². The van der Waals surface area contributed by atoms with Gasteiger partial charge in [0.15, 0.2) is 28.6 Å². The van der Waals surface area contributed by atoms with Crippen molar-refractivity contribution in [3.63, 3.8) is 0 Å². The average Bonchev–Trinajstić information content (AvgIpc) is 3.59. The molecule has 9 heteroatoms. The Morgan fingerprint density at radius 1 is 1.18 bits per heavy atom. The minimum Gasteiger partial charge on any atom is -0.483 e. The molecule has 0 N–H and O–H groups in total. The largest absolute Gasteiger partial charge is 0.483 e. The number of aromatic nitrogens is 4. The Bertz CT molecular complexity index is 1300. The number of benzene rings is 2. The van der Waals surface area contributed by atoms with Crippen molar-refractivity contribution in [3.05, 3.63) is 77.6 Å². The maximum absolute atomic E-state index is 6.11. The number of thiazole rings is 1. The molecular formula is C25H24N4O3S2. The lowest BCUT2D eigenvalue weighted by molar-refractivity contribution is 0.174. The van der Waals surface area contributed by atoms with Crippen molar-refractivity contribution in [2.24, 2.45) is 0 Å². The van der Waals surface area contributed by atoms with Gasteiger partial charge < -0.3 is 14.2 Å². The second-order valence-corrected chi connectivity index (χ2v) is 9.61. The van der Waals surface area contributed by atoms with E-state index >= 15 is 0 Å². The van der Waals surface area contributed by atoms with Crippen LogP contribution >= 0.6 is 23.1 Å². The SMILES string of the molecule is C=CCn1c(SCc2csc(-c3ccc4c(c3)OCO4)n2)nnc1[C@H](C)Oc1ccc(C)cc1. The van der Waals surface area contributed by atoms with E-state index < -0.39 is 0 Å². The van der Waals surface area contributed by atoms with Crippen LogP contribution in [-0.2, 0) is 12.3 Å². The highest BCUT2D eigenvalue weighted by molar-refractivity contribution is 7.98. The molecule has 1 aliphatic heterocycles. The number of ether oxygens (including phenoxy) is 3. The van der Waals surface area contributed by atoms with Crippen LogP contribution in [0.25, 0.3) is 10.6 Å². The Balaban J connectivity index is 1.28. The van der Waals surface area contributed by atoms with Gasteiger partial charge in [0.25, 0.3) is 0 Å². The maximum atomic E-state index is 6.11. The topological polar surface area (TPSA) is 71.3 Å². The Hall–Kier alpha value is -3.30. The van der Waals surface area contributed by atoms with Gasteiger partial charge >= 0.3 is 0 Å². The number of hydrogen-bond donors (Lipinski definition) is 0. The zero-order valence-electron chi connectivity index (χ0n) is 18.9. The number of allylic oxidation sites excluding steroid dienone is 1. The highest BCUT2D eigenvalue weighted by Crippen LogP contribution is 2.37. The smallest absolute Gasteiger partial charge is 0.231 e. The van der Waals surface area contributed by atoms with Crippen molar-refractivity contribution < 1.29 is 14.2 Å². The highest BCUT2D eigenvalue weighted by Gasteiger charge is 2.20. The summed E-state index contributed by atoms with van der Waals surface area (Å²) in [7, 11) is 0. The number of thioether (sulfide) groups is 1. The molecular weight excluding hydrogens is 468 g/mol. The first-order valence-electron chi connectivity index (χ1n) is 10.9. The molecule has 5 rings (SSSR count). The molecule has 1 aliphatic rings. The van der Waals surface area contributed by atoms with E-state index in [-0.39, 0.29) is 12.9 Å². The summed E-state index contributed by atoms with van der Waals surface area (Å²) in [5.41, 5.74) is 3.20. The van der Waals surface area contributed by atoms with E-state index in [1.807, 2.05) is 60.0 Å². The summed E-state index contributed by atoms with van der Waals surface area (Å²) in [6.07, 6.45) is 1.59. The van der Waals surface area contributed by atoms with Gasteiger partial charge in [-0.25, -0.2) is 4.98 Å². The molecule has 1 atom stereocenters. The van der Waals surface area contributed by atoms with Crippen LogP contribution in [0, 0.1) is 6.92 Å². The van der Waals surface area contributed by atoms with Crippen LogP contribution in [-0.4, -0.2) is 26.5 Å². The molecule has 0 radical (unpaired) electrons. The first-order chi connectivity index (χ1) is 16.6. The first kappa shape index (κ1) is 22.5. The predicted octanol–water partition coefficient (Wildman–Crippen LogP) is 6.06. The number of hydrogen-bond acceptors (Lipinski definition) is 8. The fourth-order valence-electron chi connectivity index (χ4n) is 3.56. The van der Waals surface area contributed by atoms with Crippen molar-refractivity contribution >= 4 is 23.1 Å². The highest BCUT2D eigenvalue weighted by atomic mass is 32.2. The minimum absolute atomic E-state index is 0.249. The second-order valence-electron chi connectivity index (χ2n) is 7.81. The fraction of sp³-hybridized carbons (Fsp3) is 0.240. The maximum Gasteiger partial charge on any atom is 0.231 e. The third kappa shape index (κ3) is 4.80. The monoisotopic (exact) mass is 492 g/mol. The lowest BCUT2D eigenvalue weighted by atomic mass is 10.2. The Morgan fingerprint density at radius 2 is 2.00 bits per heavy atom. The third-order valence-corrected chi connectivity index (χ3v) is 7.22. The molecule has 2 aromatic heterocycles. The van der Waals surface area contributed by atoms with Gasteiger partial charge in [0, 0.05) is 23.2 Å². The average molecular weight is 493 g/mol. The molecule has 0 spiro atoms. The van der Waals surface area contributed by atoms with Crippen LogP contribution in [0.3, 0.4) is 0 Å². The summed E-state index contributed by atoms with van der Waals surface area (Å²) in [4.78, 5) is 4.80. The Labute approximate surface area is 206 Å². The summed E-state index contributed by atoms with van der Waals surface area (Å²) in [5.74, 6) is 3.79. The van der Waals surface area contributed by atoms with Crippen molar-refractivity contribution in [2.45, 2.75) is 37.4 Å². The lowest BCUT2D eigenvalue weighted by Gasteiger charge is -2.15. The number of aryl methyl sites for hydroxylation is 1. The van der Waals surface area contributed by atoms with Crippen LogP contribution in [0.4, 0.5) is 0 Å². The van der Waals surface area contributed by atoms with Crippen LogP contribution in [0.1, 0.15) is 30.1 Å². The molecule has 174 valence electrons. The van der Waals surface area contributed by atoms with Gasteiger partial charge in [-0.2, -0.15) is 0 Å². The van der Waals surface area contributed by atoms with Crippen LogP contribution in [0.2, 0.25) is 0 Å². The number of nitrogens with zero attached hydrogens (tertiary/aromatic N) is 4. The summed E-state index contributed by atoms with van der Waals surface area (Å²) >= 11 is 3.21. The van der Waals surface area contributed by atoms with Gasteiger partial charge in [-0.1, -0.05) is 35.5 Å². The van der Waals surface area contributed by atoms with E-state index in [0.717, 1.165) is 44.5 Å². The van der Waals surface area contributed by atoms with E-state index in [1.54, 1.807) is 23.1 Å². The van der Waals surface area contributed by atoms with Crippen molar-refractivity contribution in [1.29, 1.82) is 0 Å². The summed E-state index contributed by atoms with van der Waals surface area (Å²) in [6, 6.07) is 13.9. The standard InChI is InChI=1S/C25H24N4O3S2/c1-4-11-29-23(17(3)32-20-8-5-16(2)6-9-20)27-28-25(29)34-14-19-13-33-24(26-19)18-7-10-21-22(12-18)31-15-30-21/h4-10,12-13,17H,1,11,14-15H2,2-3H3/t17-/m0/s1. The quantitative estimate of drug-likeness (QED) is 0.208. The van der Waals surface area contributed by atoms with Crippen molar-refractivity contribution in [2.75, 3.05) is 6.79 Å². The van der Waals surface area contributed by atoms with Gasteiger partial charge in [0.2, 0.25) is 6.79 Å².